The Labute approximate surface area is 158 Å². The number of H-pyrrole nitrogens is 1. The third kappa shape index (κ3) is 3.50. The zero-order chi connectivity index (χ0) is 18.1. The first-order chi connectivity index (χ1) is 12.6. The van der Waals surface area contributed by atoms with Gasteiger partial charge in [0.05, 0.1) is 11.2 Å². The maximum Gasteiger partial charge on any atom is 0.183 e. The number of piperidine rings is 1. The van der Waals surface area contributed by atoms with Crippen LogP contribution in [-0.2, 0) is 0 Å². The molecule has 0 bridgehead atoms. The number of hydrogen-bond acceptors (Lipinski definition) is 5. The predicted molar refractivity (Wildman–Crippen MR) is 105 cm³/mol. The predicted octanol–water partition coefficient (Wildman–Crippen LogP) is 4.06. The highest BCUT2D eigenvalue weighted by Crippen LogP contribution is 2.28. The Morgan fingerprint density at radius 1 is 1.35 bits per heavy atom. The number of nitrogens with one attached hydrogen (secondary N) is 2. The molecule has 8 heteroatoms. The van der Waals surface area contributed by atoms with E-state index < -0.39 is 5.82 Å². The molecule has 4 heterocycles. The molecular weight excluding hydrogens is 355 g/mol. The topological polar surface area (TPSA) is 69.7 Å². The number of aromatic nitrogens is 4. The minimum atomic E-state index is -0.447. The van der Waals surface area contributed by atoms with Crippen molar-refractivity contribution in [3.63, 3.8) is 0 Å². The van der Waals surface area contributed by atoms with Crippen LogP contribution in [0.5, 0.6) is 0 Å². The van der Waals surface area contributed by atoms with Gasteiger partial charge in [-0.2, -0.15) is 0 Å². The van der Waals surface area contributed by atoms with Crippen LogP contribution in [0.2, 0.25) is 5.02 Å². The van der Waals surface area contributed by atoms with Gasteiger partial charge in [0, 0.05) is 32.7 Å². The fraction of sp³-hybridized carbons (Fsp3) is 0.389. The molecule has 0 aliphatic carbocycles. The van der Waals surface area contributed by atoms with Crippen molar-refractivity contribution in [2.75, 3.05) is 32.0 Å². The first kappa shape index (κ1) is 17.2. The molecule has 1 fully saturated rings. The Balaban J connectivity index is 0.00000140. The number of likely N-dealkylation sites (tertiary alicyclic amines) is 1. The Hall–Kier alpha value is -2.25. The molecule has 0 radical (unpaired) electrons. The summed E-state index contributed by atoms with van der Waals surface area (Å²) in [4.78, 5) is 18.2. The minimum Gasteiger partial charge on any atom is -0.367 e. The first-order valence-corrected chi connectivity index (χ1v) is 9.06. The van der Waals surface area contributed by atoms with E-state index in [9.17, 15) is 4.39 Å². The van der Waals surface area contributed by atoms with Gasteiger partial charge in [-0.3, -0.25) is 0 Å². The summed E-state index contributed by atoms with van der Waals surface area (Å²) in [6.45, 7) is 2.86. The Kier molecular flexibility index (Phi) is 4.74. The minimum absolute atomic E-state index is 0. The lowest BCUT2D eigenvalue weighted by Crippen LogP contribution is -2.33. The van der Waals surface area contributed by atoms with Crippen LogP contribution < -0.4 is 5.32 Å². The van der Waals surface area contributed by atoms with E-state index >= 15 is 0 Å². The number of anilines is 1. The van der Waals surface area contributed by atoms with Crippen LogP contribution >= 0.6 is 11.6 Å². The standard InChI is InChI=1S/C18H20ClFN6.2H2/c1-26-4-2-11(3-5-26)7-21-18-15(20)10-24-17(25-18)14-9-23-16-13(14)6-12(19)8-22-16;;/h6,8-11H,2-5,7H2,1H3,(H,22,23)(H,21,24,25);2*1H. The molecule has 3 aromatic rings. The second-order valence-electron chi connectivity index (χ2n) is 6.77. The van der Waals surface area contributed by atoms with Gasteiger partial charge in [0.1, 0.15) is 5.65 Å². The van der Waals surface area contributed by atoms with E-state index in [4.69, 9.17) is 11.6 Å². The van der Waals surface area contributed by atoms with Crippen LogP contribution in [0, 0.1) is 11.7 Å². The van der Waals surface area contributed by atoms with Crippen molar-refractivity contribution in [1.82, 2.24) is 24.8 Å². The number of aromatic amines is 1. The van der Waals surface area contributed by atoms with Gasteiger partial charge in [-0.25, -0.2) is 19.3 Å². The number of rotatable bonds is 4. The third-order valence-corrected chi connectivity index (χ3v) is 5.09. The molecule has 0 amide bonds. The van der Waals surface area contributed by atoms with E-state index in [0.29, 0.717) is 29.0 Å². The van der Waals surface area contributed by atoms with Gasteiger partial charge in [-0.05, 0) is 45.0 Å². The van der Waals surface area contributed by atoms with Crippen molar-refractivity contribution in [3.8, 4) is 11.4 Å². The van der Waals surface area contributed by atoms with E-state index in [1.54, 1.807) is 18.5 Å². The second kappa shape index (κ2) is 7.17. The molecule has 0 spiro atoms. The Bertz CT molecular complexity index is 930. The van der Waals surface area contributed by atoms with Crippen LogP contribution in [0.3, 0.4) is 0 Å². The summed E-state index contributed by atoms with van der Waals surface area (Å²) in [5, 5.41) is 4.50. The summed E-state index contributed by atoms with van der Waals surface area (Å²) in [5.41, 5.74) is 1.44. The smallest absolute Gasteiger partial charge is 0.183 e. The van der Waals surface area contributed by atoms with Crippen LogP contribution in [0.4, 0.5) is 10.2 Å². The summed E-state index contributed by atoms with van der Waals surface area (Å²) in [5.74, 6) is 0.753. The normalized spacial score (nSPS) is 16.3. The highest BCUT2D eigenvalue weighted by Gasteiger charge is 2.18. The van der Waals surface area contributed by atoms with E-state index in [2.05, 4.69) is 37.2 Å². The van der Waals surface area contributed by atoms with Gasteiger partial charge in [-0.15, -0.1) is 0 Å². The van der Waals surface area contributed by atoms with E-state index in [1.807, 2.05) is 0 Å². The zero-order valence-electron chi connectivity index (χ0n) is 14.5. The van der Waals surface area contributed by atoms with Crippen molar-refractivity contribution >= 4 is 28.5 Å². The van der Waals surface area contributed by atoms with Gasteiger partial charge in [0.25, 0.3) is 0 Å². The van der Waals surface area contributed by atoms with Crippen molar-refractivity contribution in [2.24, 2.45) is 5.92 Å². The molecule has 1 aliphatic heterocycles. The van der Waals surface area contributed by atoms with Crippen LogP contribution in [0.25, 0.3) is 22.4 Å². The van der Waals surface area contributed by atoms with E-state index in [-0.39, 0.29) is 8.67 Å². The SMILES string of the molecule is CN1CCC(CNc2nc(-c3c[nH]c4ncc(Cl)cc34)ncc2F)CC1.[HH].[HH]. The summed E-state index contributed by atoms with van der Waals surface area (Å²) < 4.78 is 14.2. The van der Waals surface area contributed by atoms with E-state index in [1.165, 1.54) is 6.20 Å². The zero-order valence-corrected chi connectivity index (χ0v) is 15.2. The lowest BCUT2D eigenvalue weighted by molar-refractivity contribution is 0.226. The van der Waals surface area contributed by atoms with Crippen molar-refractivity contribution in [2.45, 2.75) is 12.8 Å². The molecule has 1 saturated heterocycles. The van der Waals surface area contributed by atoms with Crippen molar-refractivity contribution in [3.05, 3.63) is 35.5 Å². The van der Waals surface area contributed by atoms with Gasteiger partial charge in [-0.1, -0.05) is 11.6 Å². The number of nitrogens with zero attached hydrogens (tertiary/aromatic N) is 4. The number of halogens is 2. The average molecular weight is 379 g/mol. The lowest BCUT2D eigenvalue weighted by atomic mass is 9.97. The first-order valence-electron chi connectivity index (χ1n) is 8.68. The van der Waals surface area contributed by atoms with Gasteiger partial charge in [0.15, 0.2) is 17.5 Å². The molecule has 0 saturated carbocycles. The fourth-order valence-corrected chi connectivity index (χ4v) is 3.45. The molecule has 2 N–H and O–H groups in total. The molecule has 0 atom stereocenters. The summed E-state index contributed by atoms with van der Waals surface area (Å²) in [6.07, 6.45) is 6.76. The highest BCUT2D eigenvalue weighted by atomic mass is 35.5. The second-order valence-corrected chi connectivity index (χ2v) is 7.21. The Morgan fingerprint density at radius 2 is 2.15 bits per heavy atom. The summed E-state index contributed by atoms with van der Waals surface area (Å²) >= 11 is 6.04. The largest absolute Gasteiger partial charge is 0.367 e. The van der Waals surface area contributed by atoms with Crippen molar-refractivity contribution < 1.29 is 7.24 Å². The quantitative estimate of drug-likeness (QED) is 0.716. The van der Waals surface area contributed by atoms with Crippen LogP contribution in [0.1, 0.15) is 15.7 Å². The number of hydrogen-bond donors (Lipinski definition) is 2. The fourth-order valence-electron chi connectivity index (χ4n) is 3.29. The van der Waals surface area contributed by atoms with Crippen LogP contribution in [-0.4, -0.2) is 51.5 Å². The molecule has 4 rings (SSSR count). The molecule has 1 aliphatic rings. The molecule has 6 nitrogen and oxygen atoms in total. The average Bonchev–Trinajstić information content (AvgIpc) is 3.05. The molecule has 3 aromatic heterocycles. The van der Waals surface area contributed by atoms with Gasteiger partial charge < -0.3 is 15.2 Å². The number of fused-ring (bicyclic) bond motifs is 1. The van der Waals surface area contributed by atoms with Gasteiger partial charge in [0.2, 0.25) is 0 Å². The summed E-state index contributed by atoms with van der Waals surface area (Å²) in [7, 11) is 2.13. The lowest BCUT2D eigenvalue weighted by Gasteiger charge is -2.29. The summed E-state index contributed by atoms with van der Waals surface area (Å²) in [6, 6.07) is 1.80. The molecule has 26 heavy (non-hydrogen) atoms. The highest BCUT2D eigenvalue weighted by molar-refractivity contribution is 6.31. The van der Waals surface area contributed by atoms with Crippen molar-refractivity contribution in [1.29, 1.82) is 0 Å². The molecule has 140 valence electrons. The number of pyridine rings is 1. The van der Waals surface area contributed by atoms with E-state index in [0.717, 1.165) is 36.9 Å². The molecular formula is C18H24ClFN6. The van der Waals surface area contributed by atoms with Gasteiger partial charge >= 0.3 is 0 Å². The molecule has 0 unspecified atom stereocenters. The third-order valence-electron chi connectivity index (χ3n) is 4.88. The van der Waals surface area contributed by atoms with Crippen LogP contribution in [0.15, 0.2) is 24.7 Å². The Morgan fingerprint density at radius 3 is 2.96 bits per heavy atom. The maximum atomic E-state index is 14.2. The monoisotopic (exact) mass is 378 g/mol. The molecule has 0 aromatic carbocycles. The maximum absolute atomic E-state index is 14.2.